The highest BCUT2D eigenvalue weighted by Crippen LogP contribution is 2.58. The maximum atomic E-state index is 13.7. The summed E-state index contributed by atoms with van der Waals surface area (Å²) in [5, 5.41) is 11.0. The van der Waals surface area contributed by atoms with E-state index in [4.69, 9.17) is 32.6 Å². The molecule has 2 unspecified atom stereocenters. The second-order valence-electron chi connectivity index (χ2n) is 13.4. The van der Waals surface area contributed by atoms with Gasteiger partial charge in [-0.25, -0.2) is 0 Å². The lowest BCUT2D eigenvalue weighted by atomic mass is 9.71. The minimum absolute atomic E-state index is 0.00538. The second kappa shape index (κ2) is 13.7. The molecule has 12 nitrogen and oxygen atoms in total. The summed E-state index contributed by atoms with van der Waals surface area (Å²) in [6.45, 7) is 9.62. The molecular weight excluding hydrogens is 674 g/mol. The summed E-state index contributed by atoms with van der Waals surface area (Å²) in [6, 6.07) is 9.00. The molecule has 1 saturated heterocycles. The van der Waals surface area contributed by atoms with Gasteiger partial charge in [0.15, 0.2) is 29.8 Å². The first kappa shape index (κ1) is 35.1. The molecule has 0 saturated carbocycles. The van der Waals surface area contributed by atoms with Crippen molar-refractivity contribution in [3.8, 4) is 34.8 Å². The lowest BCUT2D eigenvalue weighted by Gasteiger charge is -2.60. The lowest BCUT2D eigenvalue weighted by molar-refractivity contribution is -0.0809. The van der Waals surface area contributed by atoms with Gasteiger partial charge in [0.05, 0.1) is 36.8 Å². The molecule has 270 valence electrons. The summed E-state index contributed by atoms with van der Waals surface area (Å²) in [5.41, 5.74) is 6.17. The van der Waals surface area contributed by atoms with Crippen molar-refractivity contribution in [3.05, 3.63) is 81.9 Å². The number of benzene rings is 3. The Morgan fingerprint density at radius 3 is 2.43 bits per heavy atom. The number of nitriles is 1. The number of hydrogen-bond donors (Lipinski definition) is 0. The van der Waals surface area contributed by atoms with Crippen LogP contribution in [0, 0.1) is 32.1 Å². The Balaban J connectivity index is 1.45. The van der Waals surface area contributed by atoms with Crippen LogP contribution in [-0.4, -0.2) is 84.4 Å². The summed E-state index contributed by atoms with van der Waals surface area (Å²) >= 11 is 0. The van der Waals surface area contributed by atoms with Crippen LogP contribution in [-0.2, 0) is 31.9 Å². The summed E-state index contributed by atoms with van der Waals surface area (Å²) in [7, 11) is 1.05. The Bertz CT molecular complexity index is 2010. The number of methoxy groups -OCH3 is 2. The fourth-order valence-corrected chi connectivity index (χ4v) is 9.41. The molecule has 7 rings (SSSR count). The SMILES string of the molecule is C=CCOc1c(C)c2c(c3c1CC1[C@H]4c5c(cc(C)c(OC)c5OCOC)C[C@@H](C(C#N)N1[C@H]3COS(=O)(=O)c1ccc(C)cc1)N4C)OCO2. The van der Waals surface area contributed by atoms with Crippen molar-refractivity contribution in [1.29, 1.82) is 5.26 Å². The van der Waals surface area contributed by atoms with E-state index >= 15 is 0 Å². The van der Waals surface area contributed by atoms with Crippen LogP contribution in [0.5, 0.6) is 28.7 Å². The Morgan fingerprint density at radius 2 is 1.75 bits per heavy atom. The zero-order valence-electron chi connectivity index (χ0n) is 29.7. The van der Waals surface area contributed by atoms with Crippen molar-refractivity contribution in [1.82, 2.24) is 9.80 Å². The summed E-state index contributed by atoms with van der Waals surface area (Å²) in [5.74, 6) is 2.86. The second-order valence-corrected chi connectivity index (χ2v) is 15.0. The minimum atomic E-state index is -4.18. The van der Waals surface area contributed by atoms with E-state index in [-0.39, 0.29) is 49.8 Å². The zero-order chi connectivity index (χ0) is 36.2. The van der Waals surface area contributed by atoms with Crippen molar-refractivity contribution in [2.45, 2.75) is 68.7 Å². The van der Waals surface area contributed by atoms with Crippen LogP contribution in [0.2, 0.25) is 0 Å². The van der Waals surface area contributed by atoms with Gasteiger partial charge in [-0.3, -0.25) is 14.0 Å². The average molecular weight is 718 g/mol. The van der Waals surface area contributed by atoms with E-state index in [1.807, 2.05) is 27.8 Å². The third-order valence-electron chi connectivity index (χ3n) is 10.6. The zero-order valence-corrected chi connectivity index (χ0v) is 30.5. The molecule has 0 N–H and O–H groups in total. The van der Waals surface area contributed by atoms with Crippen LogP contribution >= 0.6 is 0 Å². The van der Waals surface area contributed by atoms with Gasteiger partial charge in [-0.2, -0.15) is 13.7 Å². The van der Waals surface area contributed by atoms with E-state index < -0.39 is 22.2 Å². The average Bonchev–Trinajstić information content (AvgIpc) is 3.60. The molecule has 0 radical (unpaired) electrons. The first-order chi connectivity index (χ1) is 24.6. The minimum Gasteiger partial charge on any atom is -0.493 e. The van der Waals surface area contributed by atoms with Gasteiger partial charge in [-0.05, 0) is 63.9 Å². The smallest absolute Gasteiger partial charge is 0.297 e. The monoisotopic (exact) mass is 717 g/mol. The lowest BCUT2D eigenvalue weighted by Crippen LogP contribution is -2.68. The molecule has 0 amide bonds. The number of hydrogen-bond acceptors (Lipinski definition) is 12. The Labute approximate surface area is 299 Å². The van der Waals surface area contributed by atoms with E-state index in [1.54, 1.807) is 32.4 Å². The highest BCUT2D eigenvalue weighted by atomic mass is 32.2. The molecule has 0 spiro atoms. The molecular formula is C38H43N3O9S. The van der Waals surface area contributed by atoms with Gasteiger partial charge in [0, 0.05) is 41.4 Å². The first-order valence-corrected chi connectivity index (χ1v) is 18.3. The summed E-state index contributed by atoms with van der Waals surface area (Å²) < 4.78 is 69.5. The molecule has 5 atom stereocenters. The molecule has 13 heteroatoms. The van der Waals surface area contributed by atoms with Gasteiger partial charge in [0.2, 0.25) is 6.79 Å². The van der Waals surface area contributed by atoms with Crippen LogP contribution in [0.3, 0.4) is 0 Å². The van der Waals surface area contributed by atoms with Gasteiger partial charge in [0.25, 0.3) is 10.1 Å². The van der Waals surface area contributed by atoms with E-state index in [0.717, 1.165) is 33.4 Å². The third kappa shape index (κ3) is 5.70. The van der Waals surface area contributed by atoms with Gasteiger partial charge >= 0.3 is 0 Å². The van der Waals surface area contributed by atoms with Crippen LogP contribution in [0.25, 0.3) is 0 Å². The highest BCUT2D eigenvalue weighted by Gasteiger charge is 2.57. The van der Waals surface area contributed by atoms with Crippen LogP contribution in [0.4, 0.5) is 0 Å². The predicted molar refractivity (Wildman–Crippen MR) is 187 cm³/mol. The van der Waals surface area contributed by atoms with E-state index in [0.29, 0.717) is 47.2 Å². The van der Waals surface area contributed by atoms with E-state index in [1.165, 1.54) is 12.1 Å². The van der Waals surface area contributed by atoms with Crippen molar-refractivity contribution < 1.29 is 41.0 Å². The molecule has 4 aliphatic heterocycles. The number of fused-ring (bicyclic) bond motifs is 9. The maximum absolute atomic E-state index is 13.7. The number of aryl methyl sites for hydroxylation is 2. The molecule has 0 aromatic heterocycles. The Kier molecular flexibility index (Phi) is 9.41. The standard InChI is InChI=1S/C38H43N3O9S/c1-8-13-46-35-23(4)36-38(49-20-48-36)32-26(35)16-28-33-31-24(14-22(3)34(45-7)37(31)47-19-44-6)15-27(40(33)5)29(17-39)41(28)30(32)18-50-51(42,43)25-11-9-21(2)10-12-25/h8-12,14,27-30,33H,1,13,15-16,18-20H2,2-7H3/t27-,28?,29?,30-,33-/m0/s1. The summed E-state index contributed by atoms with van der Waals surface area (Å²) in [4.78, 5) is 4.43. The normalized spacial score (nSPS) is 23.4. The van der Waals surface area contributed by atoms with E-state index in [2.05, 4.69) is 28.5 Å². The topological polar surface area (TPSA) is 129 Å². The molecule has 51 heavy (non-hydrogen) atoms. The molecule has 0 aliphatic carbocycles. The third-order valence-corrected chi connectivity index (χ3v) is 11.9. The Morgan fingerprint density at radius 1 is 1.00 bits per heavy atom. The number of likely N-dealkylation sites (N-methyl/N-ethyl adjacent to an activating group) is 1. The molecule has 2 bridgehead atoms. The molecule has 4 aliphatic rings. The van der Waals surface area contributed by atoms with Gasteiger partial charge in [0.1, 0.15) is 18.4 Å². The van der Waals surface area contributed by atoms with Gasteiger partial charge in [-0.15, -0.1) is 0 Å². The number of nitrogens with zero attached hydrogens (tertiary/aromatic N) is 3. The van der Waals surface area contributed by atoms with Crippen molar-refractivity contribution in [2.75, 3.05) is 48.1 Å². The first-order valence-electron chi connectivity index (χ1n) is 16.9. The molecule has 1 fully saturated rings. The van der Waals surface area contributed by atoms with Crippen molar-refractivity contribution in [3.63, 3.8) is 0 Å². The van der Waals surface area contributed by atoms with Crippen molar-refractivity contribution in [2.24, 2.45) is 0 Å². The quantitative estimate of drug-likeness (QED) is 0.149. The predicted octanol–water partition coefficient (Wildman–Crippen LogP) is 5.07. The van der Waals surface area contributed by atoms with Crippen LogP contribution in [0.15, 0.2) is 47.9 Å². The number of rotatable bonds is 11. The summed E-state index contributed by atoms with van der Waals surface area (Å²) in [6.07, 6.45) is 2.68. The van der Waals surface area contributed by atoms with E-state index in [9.17, 15) is 13.7 Å². The number of piperazine rings is 1. The maximum Gasteiger partial charge on any atom is 0.297 e. The fraction of sp³-hybridized carbons (Fsp3) is 0.447. The van der Waals surface area contributed by atoms with Gasteiger partial charge in [-0.1, -0.05) is 36.4 Å². The van der Waals surface area contributed by atoms with Crippen LogP contribution < -0.4 is 23.7 Å². The fourth-order valence-electron chi connectivity index (χ4n) is 8.49. The largest absolute Gasteiger partial charge is 0.493 e. The molecule has 3 aromatic carbocycles. The van der Waals surface area contributed by atoms with Gasteiger partial charge < -0.3 is 28.4 Å². The number of ether oxygens (including phenoxy) is 6. The van der Waals surface area contributed by atoms with Crippen molar-refractivity contribution >= 4 is 10.1 Å². The highest BCUT2D eigenvalue weighted by molar-refractivity contribution is 7.86. The molecule has 4 heterocycles. The molecule has 3 aromatic rings. The van der Waals surface area contributed by atoms with Crippen LogP contribution in [0.1, 0.15) is 51.0 Å². The Hall–Kier alpha value is -4.32.